The van der Waals surface area contributed by atoms with E-state index in [-0.39, 0.29) is 0 Å². The van der Waals surface area contributed by atoms with Crippen molar-refractivity contribution in [3.63, 3.8) is 0 Å². The largest absolute Gasteiger partial charge is 0.535 e. The van der Waals surface area contributed by atoms with Gasteiger partial charge in [0, 0.05) is 11.1 Å². The zero-order valence-corrected chi connectivity index (χ0v) is 26.9. The Balaban J connectivity index is 1.44. The summed E-state index contributed by atoms with van der Waals surface area (Å²) in [7, 11) is -1.99. The number of quaternary nitrogens is 1. The quantitative estimate of drug-likeness (QED) is 0.180. The minimum atomic E-state index is -1.99. The summed E-state index contributed by atoms with van der Waals surface area (Å²) in [5.74, 6) is 3.22. The molecule has 0 aromatic heterocycles. The van der Waals surface area contributed by atoms with Gasteiger partial charge in [0.25, 0.3) is 0 Å². The van der Waals surface area contributed by atoms with Gasteiger partial charge in [0.15, 0.2) is 6.85 Å². The lowest BCUT2D eigenvalue weighted by Gasteiger charge is -2.71. The zero-order chi connectivity index (χ0) is 29.1. The van der Waals surface area contributed by atoms with E-state index in [1.54, 1.807) is 15.9 Å². The molecule has 1 radical (unpaired) electrons. The lowest BCUT2D eigenvalue weighted by atomic mass is 9.28. The molecule has 4 aliphatic rings. The van der Waals surface area contributed by atoms with E-state index in [0.717, 1.165) is 23.6 Å². The molecule has 3 heteroatoms. The Morgan fingerprint density at radius 2 is 1.14 bits per heavy atom. The van der Waals surface area contributed by atoms with Crippen LogP contribution in [-0.4, -0.2) is 18.4 Å². The van der Waals surface area contributed by atoms with Crippen LogP contribution in [0.5, 0.6) is 0 Å². The molecule has 2 bridgehead atoms. The van der Waals surface area contributed by atoms with E-state index in [1.807, 2.05) is 4.81 Å². The number of fused-ring (bicyclic) bond motifs is 2. The second-order valence-corrected chi connectivity index (χ2v) is 17.9. The van der Waals surface area contributed by atoms with Gasteiger partial charge < -0.3 is 4.81 Å². The fraction of sp³-hybridized carbons (Fsp3) is 0.385. The minimum Gasteiger partial charge on any atom is -0.535 e. The van der Waals surface area contributed by atoms with Gasteiger partial charge in [-0.3, -0.25) is 0 Å². The third-order valence-electron chi connectivity index (χ3n) is 12.4. The Bertz CT molecular complexity index is 1390. The number of nitrogens with one attached hydrogen (secondary N) is 1. The predicted octanol–water partition coefficient (Wildman–Crippen LogP) is 7.00. The number of hydrogen-bond acceptors (Lipinski definition) is 0. The highest BCUT2D eigenvalue weighted by Gasteiger charge is 2.67. The maximum Gasteiger partial charge on any atom is 0.184 e. The fourth-order valence-electron chi connectivity index (χ4n) is 10.2. The number of rotatable bonds is 7. The first-order chi connectivity index (χ1) is 20.4. The first kappa shape index (κ1) is 28.1. The van der Waals surface area contributed by atoms with Crippen molar-refractivity contribution < 1.29 is 4.81 Å². The van der Waals surface area contributed by atoms with Crippen LogP contribution in [0.2, 0.25) is 5.82 Å². The Labute approximate surface area is 255 Å². The van der Waals surface area contributed by atoms with Gasteiger partial charge in [-0.15, -0.1) is 5.82 Å². The SMILES string of the molecule is C[C@@H]1[C@H]2C[C@@H](C[C@H]1[B-]1[C@@H]([P+](c3ccccc3)(c3ccccc3)c3ccccc3)[C@H](C)[NH+]1[C@@H](C)c1ccccc1)C2(C)C. The molecule has 42 heavy (non-hydrogen) atoms. The summed E-state index contributed by atoms with van der Waals surface area (Å²) in [6.45, 7) is 13.5. The van der Waals surface area contributed by atoms with Gasteiger partial charge in [-0.2, -0.15) is 0 Å². The minimum absolute atomic E-state index is 0.477. The van der Waals surface area contributed by atoms with Crippen molar-refractivity contribution in [2.24, 2.45) is 23.2 Å². The molecule has 1 nitrogen and oxygen atoms in total. The van der Waals surface area contributed by atoms with E-state index in [2.05, 4.69) is 156 Å². The smallest absolute Gasteiger partial charge is 0.184 e. The highest BCUT2D eigenvalue weighted by Crippen LogP contribution is 2.69. The highest BCUT2D eigenvalue weighted by molar-refractivity contribution is 7.97. The summed E-state index contributed by atoms with van der Waals surface area (Å²) < 4.78 is 0. The molecule has 0 spiro atoms. The molecule has 4 aromatic carbocycles. The van der Waals surface area contributed by atoms with Crippen molar-refractivity contribution in [3.8, 4) is 0 Å². The molecule has 3 saturated carbocycles. The molecule has 1 N–H and O–H groups in total. The van der Waals surface area contributed by atoms with E-state index in [4.69, 9.17) is 0 Å². The van der Waals surface area contributed by atoms with Gasteiger partial charge in [0.1, 0.15) is 15.9 Å². The van der Waals surface area contributed by atoms with Crippen LogP contribution < -0.4 is 20.7 Å². The van der Waals surface area contributed by atoms with E-state index in [1.165, 1.54) is 18.4 Å². The van der Waals surface area contributed by atoms with Gasteiger partial charge in [-0.25, -0.2) is 0 Å². The van der Waals surface area contributed by atoms with Crippen LogP contribution in [0.15, 0.2) is 121 Å². The third kappa shape index (κ3) is 4.12. The van der Waals surface area contributed by atoms with Gasteiger partial charge in [0.2, 0.25) is 0 Å². The number of hydrogen-bond donors (Lipinski definition) is 1. The fourth-order valence-corrected chi connectivity index (χ4v) is 15.8. The van der Waals surface area contributed by atoms with Crippen molar-refractivity contribution in [3.05, 3.63) is 127 Å². The zero-order valence-electron chi connectivity index (χ0n) is 26.0. The molecule has 1 unspecified atom stereocenters. The van der Waals surface area contributed by atoms with Gasteiger partial charge in [0.05, 0.1) is 19.3 Å². The summed E-state index contributed by atoms with van der Waals surface area (Å²) in [6, 6.07) is 47.5. The predicted molar refractivity (Wildman–Crippen MR) is 183 cm³/mol. The summed E-state index contributed by atoms with van der Waals surface area (Å²) in [4.78, 5) is 1.83. The van der Waals surface area contributed by atoms with Crippen LogP contribution in [-0.2, 0) is 0 Å². The molecule has 8 atom stereocenters. The van der Waals surface area contributed by atoms with E-state index in [0.29, 0.717) is 29.9 Å². The highest BCUT2D eigenvalue weighted by atomic mass is 31.2. The first-order valence-corrected chi connectivity index (χ1v) is 18.2. The summed E-state index contributed by atoms with van der Waals surface area (Å²) in [5.41, 5.74) is 2.58. The maximum absolute atomic E-state index is 2.63. The Morgan fingerprint density at radius 1 is 0.690 bits per heavy atom. The van der Waals surface area contributed by atoms with Crippen molar-refractivity contribution >= 4 is 30.0 Å². The van der Waals surface area contributed by atoms with E-state index < -0.39 is 7.26 Å². The molecule has 4 aromatic rings. The van der Waals surface area contributed by atoms with Crippen LogP contribution in [0.3, 0.4) is 0 Å². The van der Waals surface area contributed by atoms with Crippen LogP contribution in [0, 0.1) is 23.2 Å². The average Bonchev–Trinajstić information content (AvgIpc) is 3.04. The van der Waals surface area contributed by atoms with Crippen molar-refractivity contribution in [2.75, 3.05) is 0 Å². The van der Waals surface area contributed by atoms with Crippen LogP contribution >= 0.6 is 7.26 Å². The molecular weight excluding hydrogens is 524 g/mol. The van der Waals surface area contributed by atoms with Gasteiger partial charge in [-0.05, 0) is 73.9 Å². The normalized spacial score (nSPS) is 31.0. The number of benzene rings is 4. The molecule has 1 heterocycles. The Morgan fingerprint density at radius 3 is 1.57 bits per heavy atom. The molecule has 0 amide bonds. The lowest BCUT2D eigenvalue weighted by Crippen LogP contribution is -3.32. The second-order valence-electron chi connectivity index (χ2n) is 14.3. The molecular formula is C39H47BNP+. The molecule has 3 aliphatic carbocycles. The van der Waals surface area contributed by atoms with Crippen molar-refractivity contribution in [1.29, 1.82) is 0 Å². The second kappa shape index (κ2) is 10.8. The van der Waals surface area contributed by atoms with E-state index >= 15 is 0 Å². The molecule has 215 valence electrons. The standard InChI is InChI=1S/C39H47BNP/c1-28-36-26-32(39(36,4)5)27-37(28)40-38(30(3)41(40)29(2)31-18-10-6-11-19-31)42(33-20-12-7-13-21-33,34-22-14-8-15-23-34)35-24-16-9-17-25-35/h6-25,28-30,32,36-38,41H,26-27H2,1-5H3/q+1/t28-,29+,30+,32+,36-,37-,38+/m1/s1. The molecule has 1 aliphatic heterocycles. The van der Waals surface area contributed by atoms with Gasteiger partial charge >= 0.3 is 0 Å². The molecule has 8 rings (SSSR count). The lowest BCUT2D eigenvalue weighted by molar-refractivity contribution is -0.875. The molecule has 1 saturated heterocycles. The third-order valence-corrected chi connectivity index (χ3v) is 17.4. The summed E-state index contributed by atoms with van der Waals surface area (Å²) in [5, 5.41) is 4.64. The van der Waals surface area contributed by atoms with Crippen molar-refractivity contribution in [1.82, 2.24) is 0 Å². The van der Waals surface area contributed by atoms with Gasteiger partial charge in [-0.1, -0.05) is 118 Å². The Kier molecular flexibility index (Phi) is 7.23. The maximum atomic E-state index is 2.63. The summed E-state index contributed by atoms with van der Waals surface area (Å²) >= 11 is 0. The monoisotopic (exact) mass is 571 g/mol. The summed E-state index contributed by atoms with van der Waals surface area (Å²) in [6.07, 6.45) is 2.83. The Hall–Kier alpha value is -2.67. The van der Waals surface area contributed by atoms with Crippen LogP contribution in [0.1, 0.15) is 59.1 Å². The van der Waals surface area contributed by atoms with E-state index in [9.17, 15) is 0 Å². The average molecular weight is 572 g/mol. The topological polar surface area (TPSA) is 4.44 Å². The van der Waals surface area contributed by atoms with Crippen molar-refractivity contribution in [2.45, 2.75) is 70.9 Å². The molecule has 4 fully saturated rings. The first-order valence-electron chi connectivity index (χ1n) is 16.3. The van der Waals surface area contributed by atoms with Crippen LogP contribution in [0.25, 0.3) is 0 Å². The van der Waals surface area contributed by atoms with Crippen LogP contribution in [0.4, 0.5) is 0 Å².